The summed E-state index contributed by atoms with van der Waals surface area (Å²) in [5.74, 6) is -0.271. The van der Waals surface area contributed by atoms with Gasteiger partial charge in [-0.1, -0.05) is 12.1 Å². The van der Waals surface area contributed by atoms with Gasteiger partial charge in [0.05, 0.1) is 5.52 Å². The third-order valence-electron chi connectivity index (χ3n) is 3.71. The maximum absolute atomic E-state index is 12.5. The first kappa shape index (κ1) is 16.3. The lowest BCUT2D eigenvalue weighted by Crippen LogP contribution is -2.12. The van der Waals surface area contributed by atoms with Gasteiger partial charge in [0.2, 0.25) is 0 Å². The van der Waals surface area contributed by atoms with Crippen molar-refractivity contribution in [3.05, 3.63) is 72.3 Å². The zero-order chi connectivity index (χ0) is 17.6. The largest absolute Gasteiger partial charge is 0.320 e. The minimum atomic E-state index is -0.271. The summed E-state index contributed by atoms with van der Waals surface area (Å²) < 4.78 is 0. The van der Waals surface area contributed by atoms with Crippen LogP contribution in [-0.4, -0.2) is 27.8 Å². The molecule has 0 radical (unpaired) electrons. The molecule has 0 bridgehead atoms. The number of carbonyl (C=O) groups excluding carboxylic acids is 1. The van der Waals surface area contributed by atoms with Crippen LogP contribution in [0.3, 0.4) is 0 Å². The number of hydrogen-bond donors (Lipinski definition) is 2. The number of allylic oxidation sites excluding steroid dienone is 3. The van der Waals surface area contributed by atoms with Crippen molar-refractivity contribution in [2.45, 2.75) is 6.92 Å². The maximum atomic E-state index is 12.5. The second-order valence-corrected chi connectivity index (χ2v) is 5.40. The number of nitrogens with zero attached hydrogens (tertiary/aromatic N) is 3. The molecule has 6 nitrogen and oxygen atoms in total. The van der Waals surface area contributed by atoms with Crippen LogP contribution in [0.4, 0.5) is 5.69 Å². The van der Waals surface area contributed by atoms with Gasteiger partial charge in [0.25, 0.3) is 5.91 Å². The van der Waals surface area contributed by atoms with Crippen molar-refractivity contribution in [3.8, 4) is 0 Å². The molecule has 0 aliphatic rings. The standard InChI is InChI=1S/C19H17N5O/c1-13(4-3-9-20-2)14-5-6-17-16(12-14)18(24-23-17)19(25)22-15-7-10-21-11-8-15/h3-12H,2H2,1H3,(H,23,24)(H,21,22,25)/b9-3-,13-4+. The van der Waals surface area contributed by atoms with E-state index in [0.717, 1.165) is 22.0 Å². The molecule has 2 N–H and O–H groups in total. The highest BCUT2D eigenvalue weighted by Crippen LogP contribution is 2.23. The number of hydrogen-bond acceptors (Lipinski definition) is 4. The zero-order valence-corrected chi connectivity index (χ0v) is 13.7. The molecule has 0 aliphatic heterocycles. The fourth-order valence-corrected chi connectivity index (χ4v) is 2.40. The maximum Gasteiger partial charge on any atom is 0.276 e. The van der Waals surface area contributed by atoms with Crippen molar-refractivity contribution >= 4 is 34.8 Å². The molecular formula is C19H17N5O. The number of pyridine rings is 1. The number of anilines is 1. The average Bonchev–Trinajstić information content (AvgIpc) is 3.06. The quantitative estimate of drug-likeness (QED) is 0.550. The number of benzene rings is 1. The van der Waals surface area contributed by atoms with Gasteiger partial charge in [-0.25, -0.2) is 0 Å². The summed E-state index contributed by atoms with van der Waals surface area (Å²) in [6.07, 6.45) is 8.62. The number of fused-ring (bicyclic) bond motifs is 1. The minimum absolute atomic E-state index is 0.271. The molecule has 0 saturated heterocycles. The topological polar surface area (TPSA) is 83.0 Å². The number of nitrogens with one attached hydrogen (secondary N) is 2. The van der Waals surface area contributed by atoms with Crippen LogP contribution in [0.1, 0.15) is 23.0 Å². The molecule has 1 aromatic carbocycles. The lowest BCUT2D eigenvalue weighted by Gasteiger charge is -2.04. The molecule has 2 heterocycles. The lowest BCUT2D eigenvalue weighted by atomic mass is 10.0. The molecule has 0 unspecified atom stereocenters. The van der Waals surface area contributed by atoms with Crippen molar-refractivity contribution in [1.82, 2.24) is 15.2 Å². The van der Waals surface area contributed by atoms with Gasteiger partial charge in [-0.2, -0.15) is 5.10 Å². The van der Waals surface area contributed by atoms with Crippen LogP contribution in [0.5, 0.6) is 0 Å². The molecule has 25 heavy (non-hydrogen) atoms. The Hall–Kier alpha value is -3.54. The van der Waals surface area contributed by atoms with Crippen LogP contribution in [0.25, 0.3) is 16.5 Å². The zero-order valence-electron chi connectivity index (χ0n) is 13.7. The summed E-state index contributed by atoms with van der Waals surface area (Å²) in [5, 5.41) is 10.6. The SMILES string of the molecule is C=N/C=C\C=C(/C)c1ccc2[nH]nc(C(=O)Nc3ccncc3)c2c1. The van der Waals surface area contributed by atoms with E-state index < -0.39 is 0 Å². The number of H-pyrrole nitrogens is 1. The summed E-state index contributed by atoms with van der Waals surface area (Å²) in [6.45, 7) is 5.39. The predicted octanol–water partition coefficient (Wildman–Crippen LogP) is 3.83. The number of aromatic amines is 1. The van der Waals surface area contributed by atoms with Crippen molar-refractivity contribution in [3.63, 3.8) is 0 Å². The second kappa shape index (κ2) is 7.35. The molecule has 124 valence electrons. The Morgan fingerprint density at radius 2 is 2.08 bits per heavy atom. The van der Waals surface area contributed by atoms with Gasteiger partial charge in [-0.3, -0.25) is 19.9 Å². The van der Waals surface area contributed by atoms with Gasteiger partial charge in [0.1, 0.15) is 0 Å². The molecule has 3 aromatic rings. The Bertz CT molecular complexity index is 970. The van der Waals surface area contributed by atoms with Crippen LogP contribution in [0.15, 0.2) is 66.1 Å². The highest BCUT2D eigenvalue weighted by molar-refractivity contribution is 6.11. The molecule has 0 atom stereocenters. The van der Waals surface area contributed by atoms with Crippen LogP contribution in [-0.2, 0) is 0 Å². The van der Waals surface area contributed by atoms with E-state index >= 15 is 0 Å². The van der Waals surface area contributed by atoms with Gasteiger partial charge < -0.3 is 5.32 Å². The van der Waals surface area contributed by atoms with E-state index in [2.05, 4.69) is 32.2 Å². The van der Waals surface area contributed by atoms with E-state index in [4.69, 9.17) is 0 Å². The highest BCUT2D eigenvalue weighted by atomic mass is 16.1. The van der Waals surface area contributed by atoms with Crippen molar-refractivity contribution in [2.75, 3.05) is 5.32 Å². The van der Waals surface area contributed by atoms with Crippen LogP contribution < -0.4 is 5.32 Å². The summed E-state index contributed by atoms with van der Waals surface area (Å²) in [4.78, 5) is 20.1. The number of aliphatic imine (C=N–C) groups is 1. The normalized spacial score (nSPS) is 11.8. The number of aromatic nitrogens is 3. The predicted molar refractivity (Wildman–Crippen MR) is 101 cm³/mol. The smallest absolute Gasteiger partial charge is 0.276 e. The number of rotatable bonds is 5. The van der Waals surface area contributed by atoms with Gasteiger partial charge in [0.15, 0.2) is 5.69 Å². The summed E-state index contributed by atoms with van der Waals surface area (Å²) in [6, 6.07) is 9.29. The van der Waals surface area contributed by atoms with E-state index in [0.29, 0.717) is 11.4 Å². The second-order valence-electron chi connectivity index (χ2n) is 5.40. The van der Waals surface area contributed by atoms with E-state index in [1.807, 2.05) is 37.3 Å². The molecule has 1 amide bonds. The van der Waals surface area contributed by atoms with E-state index in [1.165, 1.54) is 0 Å². The summed E-state index contributed by atoms with van der Waals surface area (Å²) >= 11 is 0. The fourth-order valence-electron chi connectivity index (χ4n) is 2.40. The molecule has 2 aromatic heterocycles. The Balaban J connectivity index is 1.93. The van der Waals surface area contributed by atoms with Crippen LogP contribution in [0.2, 0.25) is 0 Å². The van der Waals surface area contributed by atoms with E-state index in [-0.39, 0.29) is 5.91 Å². The molecule has 0 aliphatic carbocycles. The summed E-state index contributed by atoms with van der Waals surface area (Å²) in [5.41, 5.74) is 3.87. The third kappa shape index (κ3) is 3.69. The first-order valence-electron chi connectivity index (χ1n) is 7.68. The summed E-state index contributed by atoms with van der Waals surface area (Å²) in [7, 11) is 0. The third-order valence-corrected chi connectivity index (χ3v) is 3.71. The Labute approximate surface area is 145 Å². The van der Waals surface area contributed by atoms with Gasteiger partial charge in [-0.05, 0) is 55.1 Å². The van der Waals surface area contributed by atoms with Crippen LogP contribution in [0, 0.1) is 0 Å². The number of carbonyl (C=O) groups is 1. The molecule has 6 heteroatoms. The van der Waals surface area contributed by atoms with Gasteiger partial charge >= 0.3 is 0 Å². The number of amides is 1. The molecule has 0 fully saturated rings. The molecule has 0 spiro atoms. The Morgan fingerprint density at radius 3 is 2.84 bits per heavy atom. The molecular weight excluding hydrogens is 314 g/mol. The molecule has 0 saturated carbocycles. The van der Waals surface area contributed by atoms with Gasteiger partial charge in [0, 0.05) is 29.7 Å². The Kier molecular flexibility index (Phi) is 4.80. The first-order chi connectivity index (χ1) is 12.2. The first-order valence-corrected chi connectivity index (χ1v) is 7.68. The van der Waals surface area contributed by atoms with E-state index in [9.17, 15) is 4.79 Å². The van der Waals surface area contributed by atoms with Gasteiger partial charge in [-0.15, -0.1) is 0 Å². The Morgan fingerprint density at radius 1 is 1.28 bits per heavy atom. The monoisotopic (exact) mass is 331 g/mol. The lowest BCUT2D eigenvalue weighted by molar-refractivity contribution is 0.102. The minimum Gasteiger partial charge on any atom is -0.320 e. The average molecular weight is 331 g/mol. The van der Waals surface area contributed by atoms with Crippen molar-refractivity contribution in [1.29, 1.82) is 0 Å². The van der Waals surface area contributed by atoms with Crippen molar-refractivity contribution < 1.29 is 4.79 Å². The fraction of sp³-hybridized carbons (Fsp3) is 0.0526. The highest BCUT2D eigenvalue weighted by Gasteiger charge is 2.15. The van der Waals surface area contributed by atoms with E-state index in [1.54, 1.807) is 30.7 Å². The molecule has 3 rings (SSSR count). The van der Waals surface area contributed by atoms with Crippen molar-refractivity contribution in [2.24, 2.45) is 4.99 Å². The van der Waals surface area contributed by atoms with Crippen LogP contribution >= 0.6 is 0 Å².